The summed E-state index contributed by atoms with van der Waals surface area (Å²) in [4.78, 5) is 31.0. The van der Waals surface area contributed by atoms with Gasteiger partial charge in [-0.2, -0.15) is 0 Å². The van der Waals surface area contributed by atoms with E-state index in [4.69, 9.17) is 4.52 Å². The number of carbonyl (C=O) groups is 1. The number of hydrogen-bond acceptors (Lipinski definition) is 5. The zero-order chi connectivity index (χ0) is 16.7. The average Bonchev–Trinajstić information content (AvgIpc) is 3.48. The van der Waals surface area contributed by atoms with E-state index >= 15 is 0 Å². The standard InChI is InChI=1S/C17H20N4O3/c1-11(12-5-6-12)21(13-7-8-13)15(22)10-20-16(19-24-17(20)23)14-4-2-3-9-18-14/h2-4,9,11-13H,5-8,10H2,1H3/t11-/m0/s1. The van der Waals surface area contributed by atoms with Crippen LogP contribution in [0.2, 0.25) is 0 Å². The largest absolute Gasteiger partial charge is 0.442 e. The number of hydrogen-bond donors (Lipinski definition) is 0. The van der Waals surface area contributed by atoms with Crippen LogP contribution in [0, 0.1) is 5.92 Å². The van der Waals surface area contributed by atoms with Crippen LogP contribution < -0.4 is 5.76 Å². The van der Waals surface area contributed by atoms with Crippen molar-refractivity contribution in [2.75, 3.05) is 0 Å². The summed E-state index contributed by atoms with van der Waals surface area (Å²) in [5.74, 6) is 0.228. The van der Waals surface area contributed by atoms with E-state index in [1.54, 1.807) is 24.4 Å². The van der Waals surface area contributed by atoms with Gasteiger partial charge in [-0.25, -0.2) is 9.36 Å². The highest BCUT2D eigenvalue weighted by Gasteiger charge is 2.41. The van der Waals surface area contributed by atoms with Crippen molar-refractivity contribution in [3.05, 3.63) is 34.9 Å². The number of nitrogens with zero attached hydrogens (tertiary/aromatic N) is 4. The number of pyridine rings is 1. The minimum absolute atomic E-state index is 0.0422. The monoisotopic (exact) mass is 328 g/mol. The number of rotatable bonds is 6. The van der Waals surface area contributed by atoms with E-state index in [2.05, 4.69) is 17.1 Å². The van der Waals surface area contributed by atoms with Crippen molar-refractivity contribution in [2.45, 2.75) is 51.2 Å². The molecule has 1 atom stereocenters. The van der Waals surface area contributed by atoms with Crippen molar-refractivity contribution in [1.29, 1.82) is 0 Å². The third-order valence-corrected chi connectivity index (χ3v) is 4.84. The summed E-state index contributed by atoms with van der Waals surface area (Å²) in [5, 5.41) is 3.79. The van der Waals surface area contributed by atoms with Gasteiger partial charge in [0.25, 0.3) is 0 Å². The predicted octanol–water partition coefficient (Wildman–Crippen LogP) is 1.69. The molecule has 4 rings (SSSR count). The molecule has 2 aliphatic rings. The maximum absolute atomic E-state index is 12.9. The Morgan fingerprint density at radius 1 is 1.38 bits per heavy atom. The van der Waals surface area contributed by atoms with Gasteiger partial charge in [0, 0.05) is 18.3 Å². The summed E-state index contributed by atoms with van der Waals surface area (Å²) in [6.07, 6.45) is 6.09. The highest BCUT2D eigenvalue weighted by atomic mass is 16.5. The fraction of sp³-hybridized carbons (Fsp3) is 0.529. The lowest BCUT2D eigenvalue weighted by Crippen LogP contribution is -2.44. The van der Waals surface area contributed by atoms with Gasteiger partial charge in [-0.15, -0.1) is 0 Å². The van der Waals surface area contributed by atoms with Crippen LogP contribution in [-0.4, -0.2) is 37.6 Å². The van der Waals surface area contributed by atoms with Crippen molar-refractivity contribution in [2.24, 2.45) is 5.92 Å². The Morgan fingerprint density at radius 3 is 2.79 bits per heavy atom. The fourth-order valence-corrected chi connectivity index (χ4v) is 3.23. The summed E-state index contributed by atoms with van der Waals surface area (Å²) in [6, 6.07) is 5.88. The normalized spacial score (nSPS) is 18.4. The molecule has 0 radical (unpaired) electrons. The van der Waals surface area contributed by atoms with Crippen LogP contribution in [0.1, 0.15) is 32.6 Å². The second-order valence-electron chi connectivity index (χ2n) is 6.68. The lowest BCUT2D eigenvalue weighted by Gasteiger charge is -2.29. The molecule has 0 bridgehead atoms. The average molecular weight is 328 g/mol. The minimum Gasteiger partial charge on any atom is -0.335 e. The topological polar surface area (TPSA) is 81.2 Å². The Kier molecular flexibility index (Phi) is 3.70. The second-order valence-corrected chi connectivity index (χ2v) is 6.68. The third-order valence-electron chi connectivity index (χ3n) is 4.84. The zero-order valence-electron chi connectivity index (χ0n) is 13.6. The fourth-order valence-electron chi connectivity index (χ4n) is 3.23. The van der Waals surface area contributed by atoms with Crippen molar-refractivity contribution in [3.8, 4) is 11.5 Å². The molecule has 1 amide bonds. The lowest BCUT2D eigenvalue weighted by atomic mass is 10.1. The maximum atomic E-state index is 12.9. The summed E-state index contributed by atoms with van der Waals surface area (Å²) >= 11 is 0. The Balaban J connectivity index is 1.59. The molecule has 7 heteroatoms. The molecule has 24 heavy (non-hydrogen) atoms. The smallest absolute Gasteiger partial charge is 0.335 e. The van der Waals surface area contributed by atoms with Crippen LogP contribution in [0.3, 0.4) is 0 Å². The molecular formula is C17H20N4O3. The first-order valence-corrected chi connectivity index (χ1v) is 8.44. The van der Waals surface area contributed by atoms with Gasteiger partial charge >= 0.3 is 5.76 Å². The summed E-state index contributed by atoms with van der Waals surface area (Å²) in [5.41, 5.74) is 0.518. The van der Waals surface area contributed by atoms with E-state index in [0.29, 0.717) is 23.5 Å². The molecule has 126 valence electrons. The van der Waals surface area contributed by atoms with Crippen molar-refractivity contribution in [3.63, 3.8) is 0 Å². The van der Waals surface area contributed by atoms with Gasteiger partial charge in [-0.05, 0) is 50.7 Å². The molecule has 2 aromatic rings. The Morgan fingerprint density at radius 2 is 2.17 bits per heavy atom. The van der Waals surface area contributed by atoms with Crippen molar-refractivity contribution >= 4 is 5.91 Å². The number of aromatic nitrogens is 3. The SMILES string of the molecule is C[C@@H](C1CC1)N(C(=O)Cn1c(-c2ccccn2)noc1=O)C1CC1. The van der Waals surface area contributed by atoms with Crippen LogP contribution >= 0.6 is 0 Å². The Labute approximate surface area is 139 Å². The molecule has 0 unspecified atom stereocenters. The maximum Gasteiger partial charge on any atom is 0.442 e. The highest BCUT2D eigenvalue weighted by Crippen LogP contribution is 2.39. The van der Waals surface area contributed by atoms with E-state index in [1.165, 1.54) is 17.4 Å². The van der Waals surface area contributed by atoms with Crippen LogP contribution in [-0.2, 0) is 11.3 Å². The summed E-state index contributed by atoms with van der Waals surface area (Å²) in [6.45, 7) is 2.06. The molecule has 2 aliphatic carbocycles. The molecule has 2 fully saturated rings. The van der Waals surface area contributed by atoms with Gasteiger partial charge < -0.3 is 4.90 Å². The lowest BCUT2D eigenvalue weighted by molar-refractivity contribution is -0.135. The molecule has 0 aliphatic heterocycles. The van der Waals surface area contributed by atoms with Gasteiger partial charge in [-0.1, -0.05) is 11.2 Å². The van der Waals surface area contributed by atoms with E-state index in [-0.39, 0.29) is 18.5 Å². The number of amides is 1. The molecular weight excluding hydrogens is 308 g/mol. The second kappa shape index (κ2) is 5.89. The first-order chi connectivity index (χ1) is 11.6. The van der Waals surface area contributed by atoms with Gasteiger partial charge in [0.1, 0.15) is 12.2 Å². The van der Waals surface area contributed by atoms with E-state index in [9.17, 15) is 9.59 Å². The predicted molar refractivity (Wildman–Crippen MR) is 86.0 cm³/mol. The molecule has 0 spiro atoms. The van der Waals surface area contributed by atoms with Crippen LogP contribution in [0.25, 0.3) is 11.5 Å². The minimum atomic E-state index is -0.626. The molecule has 0 N–H and O–H groups in total. The molecule has 2 aromatic heterocycles. The van der Waals surface area contributed by atoms with Crippen LogP contribution in [0.4, 0.5) is 0 Å². The van der Waals surface area contributed by atoms with Crippen LogP contribution in [0.15, 0.2) is 33.7 Å². The molecule has 0 saturated heterocycles. The van der Waals surface area contributed by atoms with Gasteiger partial charge in [0.2, 0.25) is 11.7 Å². The highest BCUT2D eigenvalue weighted by molar-refractivity contribution is 5.77. The Bertz CT molecular complexity index is 790. The molecule has 7 nitrogen and oxygen atoms in total. The third kappa shape index (κ3) is 2.86. The van der Waals surface area contributed by atoms with E-state index in [1.807, 2.05) is 4.90 Å². The van der Waals surface area contributed by atoms with Gasteiger partial charge in [0.15, 0.2) is 0 Å². The molecule has 2 saturated carbocycles. The van der Waals surface area contributed by atoms with Gasteiger partial charge in [-0.3, -0.25) is 14.3 Å². The first kappa shape index (κ1) is 15.1. The number of carbonyl (C=O) groups excluding carboxylic acids is 1. The van der Waals surface area contributed by atoms with E-state index < -0.39 is 5.76 Å². The summed E-state index contributed by atoms with van der Waals surface area (Å²) in [7, 11) is 0. The quantitative estimate of drug-likeness (QED) is 0.806. The van der Waals surface area contributed by atoms with Crippen molar-refractivity contribution < 1.29 is 9.32 Å². The Hall–Kier alpha value is -2.44. The molecule has 0 aromatic carbocycles. The van der Waals surface area contributed by atoms with Crippen molar-refractivity contribution in [1.82, 2.24) is 19.6 Å². The van der Waals surface area contributed by atoms with Gasteiger partial charge in [0.05, 0.1) is 0 Å². The van der Waals surface area contributed by atoms with E-state index in [0.717, 1.165) is 12.8 Å². The summed E-state index contributed by atoms with van der Waals surface area (Å²) < 4.78 is 6.05. The zero-order valence-corrected chi connectivity index (χ0v) is 13.6. The van der Waals surface area contributed by atoms with Crippen LogP contribution in [0.5, 0.6) is 0 Å². The first-order valence-electron chi connectivity index (χ1n) is 8.44. The molecule has 2 heterocycles.